The molecule has 1 fully saturated rings. The number of urea groups is 1. The van der Waals surface area contributed by atoms with Crippen molar-refractivity contribution in [2.75, 3.05) is 17.2 Å². The molecule has 5 rings (SSSR count). The fourth-order valence-corrected chi connectivity index (χ4v) is 6.24. The van der Waals surface area contributed by atoms with E-state index in [9.17, 15) is 9.59 Å². The number of likely N-dealkylation sites (tertiary alicyclic amines) is 1. The molecule has 0 saturated carbocycles. The Hall–Kier alpha value is -3.70. The van der Waals surface area contributed by atoms with Crippen molar-refractivity contribution in [2.24, 2.45) is 5.92 Å². The molecule has 1 aromatic heterocycles. The van der Waals surface area contributed by atoms with Crippen molar-refractivity contribution in [3.05, 3.63) is 75.8 Å². The summed E-state index contributed by atoms with van der Waals surface area (Å²) in [6, 6.07) is 16.2. The lowest BCUT2D eigenvalue weighted by Gasteiger charge is -2.25. The van der Waals surface area contributed by atoms with E-state index in [1.54, 1.807) is 46.6 Å². The number of amides is 3. The van der Waals surface area contributed by atoms with E-state index in [4.69, 9.17) is 5.26 Å². The largest absolute Gasteiger partial charge is 0.322 e. The van der Waals surface area contributed by atoms with Gasteiger partial charge in [0, 0.05) is 22.7 Å². The maximum absolute atomic E-state index is 13.1. The zero-order valence-corrected chi connectivity index (χ0v) is 21.1. The van der Waals surface area contributed by atoms with E-state index in [0.29, 0.717) is 34.4 Å². The number of carbonyl (C=O) groups excluding carboxylic acids is 2. The van der Waals surface area contributed by atoms with Crippen molar-refractivity contribution < 1.29 is 9.59 Å². The van der Waals surface area contributed by atoms with Crippen LogP contribution in [0.4, 0.5) is 15.6 Å². The van der Waals surface area contributed by atoms with Crippen LogP contribution in [0.25, 0.3) is 0 Å². The summed E-state index contributed by atoms with van der Waals surface area (Å²) in [5.41, 5.74) is 3.71. The third kappa shape index (κ3) is 5.12. The summed E-state index contributed by atoms with van der Waals surface area (Å²) in [7, 11) is 0. The van der Waals surface area contributed by atoms with Gasteiger partial charge in [0.2, 0.25) is 0 Å². The molecule has 36 heavy (non-hydrogen) atoms. The van der Waals surface area contributed by atoms with Gasteiger partial charge < -0.3 is 10.2 Å². The van der Waals surface area contributed by atoms with Crippen LogP contribution in [0.5, 0.6) is 0 Å². The Bertz CT molecular complexity index is 1330. The Labute approximate surface area is 215 Å². The van der Waals surface area contributed by atoms with Crippen molar-refractivity contribution in [2.45, 2.75) is 51.5 Å². The number of fused-ring (bicyclic) bond motifs is 1. The number of hydrogen-bond acceptors (Lipinski definition) is 5. The molecule has 2 unspecified atom stereocenters. The first-order valence-electron chi connectivity index (χ1n) is 12.5. The summed E-state index contributed by atoms with van der Waals surface area (Å²) in [4.78, 5) is 33.9. The first-order valence-corrected chi connectivity index (χ1v) is 13.3. The fourth-order valence-electron chi connectivity index (χ4n) is 5.12. The molecule has 2 heterocycles. The highest BCUT2D eigenvalue weighted by Gasteiger charge is 2.30. The molecule has 184 valence electrons. The van der Waals surface area contributed by atoms with Crippen LogP contribution in [0.3, 0.4) is 0 Å². The zero-order valence-electron chi connectivity index (χ0n) is 20.3. The van der Waals surface area contributed by atoms with Gasteiger partial charge in [-0.15, -0.1) is 11.3 Å². The van der Waals surface area contributed by atoms with Gasteiger partial charge in [0.25, 0.3) is 5.91 Å². The standard InChI is InChI=1S/C28H29N5O2S/c1-2-18-11-12-23-25(15-18)36-27(31-23)32-26(34)21-8-4-7-20(16-21)24-10-5-13-33(24)28(35)30-22-9-3-6-19(14-22)17-29/h3-4,6-9,14,16,18,24H,2,5,10-13,15H2,1H3,(H,30,35)(H,31,32,34). The average molecular weight is 500 g/mol. The monoisotopic (exact) mass is 499 g/mol. The van der Waals surface area contributed by atoms with Crippen LogP contribution in [-0.2, 0) is 12.8 Å². The van der Waals surface area contributed by atoms with E-state index in [2.05, 4.69) is 28.6 Å². The number of nitrogens with one attached hydrogen (secondary N) is 2. The quantitative estimate of drug-likeness (QED) is 0.440. The smallest absolute Gasteiger partial charge is 0.317 e. The van der Waals surface area contributed by atoms with E-state index in [1.165, 1.54) is 11.3 Å². The maximum Gasteiger partial charge on any atom is 0.322 e. The lowest BCUT2D eigenvalue weighted by Crippen LogP contribution is -2.34. The van der Waals surface area contributed by atoms with Crippen molar-refractivity contribution in [1.82, 2.24) is 9.88 Å². The van der Waals surface area contributed by atoms with Crippen LogP contribution >= 0.6 is 11.3 Å². The summed E-state index contributed by atoms with van der Waals surface area (Å²) >= 11 is 1.59. The molecule has 3 aromatic rings. The molecule has 2 aliphatic rings. The molecule has 1 aliphatic heterocycles. The number of aromatic nitrogens is 1. The number of rotatable bonds is 5. The molecule has 0 bridgehead atoms. The number of thiazole rings is 1. The third-order valence-electron chi connectivity index (χ3n) is 7.13. The molecule has 2 aromatic carbocycles. The van der Waals surface area contributed by atoms with E-state index in [0.717, 1.165) is 43.4 Å². The third-order valence-corrected chi connectivity index (χ3v) is 8.17. The minimum absolute atomic E-state index is 0.116. The van der Waals surface area contributed by atoms with Crippen LogP contribution in [0.1, 0.15) is 70.7 Å². The average Bonchev–Trinajstić information content (AvgIpc) is 3.55. The second-order valence-electron chi connectivity index (χ2n) is 9.46. The highest BCUT2D eigenvalue weighted by Crippen LogP contribution is 2.35. The number of nitrogens with zero attached hydrogens (tertiary/aromatic N) is 3. The number of hydrogen-bond donors (Lipinski definition) is 2. The number of nitriles is 1. The SMILES string of the molecule is CCC1CCc2nc(NC(=O)c3cccc(C4CCCN4C(=O)Nc4cccc(C#N)c4)c3)sc2C1. The summed E-state index contributed by atoms with van der Waals surface area (Å²) in [5, 5.41) is 15.7. The predicted octanol–water partition coefficient (Wildman–Crippen LogP) is 6.15. The lowest BCUT2D eigenvalue weighted by atomic mass is 9.89. The zero-order chi connectivity index (χ0) is 25.1. The molecule has 2 atom stereocenters. The van der Waals surface area contributed by atoms with Crippen LogP contribution in [0, 0.1) is 17.2 Å². The fraction of sp³-hybridized carbons (Fsp3) is 0.357. The van der Waals surface area contributed by atoms with E-state index >= 15 is 0 Å². The first-order chi connectivity index (χ1) is 17.5. The van der Waals surface area contributed by atoms with Crippen LogP contribution in [0.15, 0.2) is 48.5 Å². The molecule has 1 saturated heterocycles. The molecule has 3 amide bonds. The molecule has 0 radical (unpaired) electrons. The summed E-state index contributed by atoms with van der Waals surface area (Å²) in [6.45, 7) is 2.86. The summed E-state index contributed by atoms with van der Waals surface area (Å²) < 4.78 is 0. The normalized spacial score (nSPS) is 18.8. The van der Waals surface area contributed by atoms with Gasteiger partial charge in [0.05, 0.1) is 23.4 Å². The lowest BCUT2D eigenvalue weighted by molar-refractivity contribution is 0.102. The highest BCUT2D eigenvalue weighted by molar-refractivity contribution is 7.15. The van der Waals surface area contributed by atoms with E-state index in [-0.39, 0.29) is 18.0 Å². The van der Waals surface area contributed by atoms with Gasteiger partial charge in [-0.3, -0.25) is 10.1 Å². The highest BCUT2D eigenvalue weighted by atomic mass is 32.1. The predicted molar refractivity (Wildman–Crippen MR) is 141 cm³/mol. The van der Waals surface area contributed by atoms with Crippen LogP contribution < -0.4 is 10.6 Å². The van der Waals surface area contributed by atoms with Gasteiger partial charge >= 0.3 is 6.03 Å². The van der Waals surface area contributed by atoms with E-state index < -0.39 is 0 Å². The van der Waals surface area contributed by atoms with Crippen LogP contribution in [0.2, 0.25) is 0 Å². The first kappa shape index (κ1) is 24.0. The topological polar surface area (TPSA) is 98.1 Å². The molecular formula is C28H29N5O2S. The molecule has 8 heteroatoms. The van der Waals surface area contributed by atoms with E-state index in [1.807, 2.05) is 18.2 Å². The molecule has 2 N–H and O–H groups in total. The molecular weight excluding hydrogens is 470 g/mol. The van der Waals surface area contributed by atoms with Crippen molar-refractivity contribution >= 4 is 34.1 Å². The minimum atomic E-state index is -0.207. The molecule has 0 spiro atoms. The second-order valence-corrected chi connectivity index (χ2v) is 10.5. The molecule has 7 nitrogen and oxygen atoms in total. The van der Waals surface area contributed by atoms with Gasteiger partial charge in [0.1, 0.15) is 0 Å². The van der Waals surface area contributed by atoms with Crippen LogP contribution in [-0.4, -0.2) is 28.4 Å². The Morgan fingerprint density at radius 1 is 1.17 bits per heavy atom. The second kappa shape index (κ2) is 10.5. The van der Waals surface area contributed by atoms with Gasteiger partial charge in [0.15, 0.2) is 5.13 Å². The maximum atomic E-state index is 13.1. The molecule has 1 aliphatic carbocycles. The Balaban J connectivity index is 1.28. The van der Waals surface area contributed by atoms with Gasteiger partial charge in [-0.25, -0.2) is 9.78 Å². The van der Waals surface area contributed by atoms with Crippen molar-refractivity contribution in [3.63, 3.8) is 0 Å². The number of anilines is 2. The Morgan fingerprint density at radius 3 is 2.86 bits per heavy atom. The van der Waals surface area contributed by atoms with Crippen molar-refractivity contribution in [3.8, 4) is 6.07 Å². The minimum Gasteiger partial charge on any atom is -0.317 e. The summed E-state index contributed by atoms with van der Waals surface area (Å²) in [6.07, 6.45) is 6.09. The van der Waals surface area contributed by atoms with Crippen molar-refractivity contribution in [1.29, 1.82) is 5.26 Å². The number of benzene rings is 2. The van der Waals surface area contributed by atoms with Gasteiger partial charge in [-0.2, -0.15) is 5.26 Å². The Morgan fingerprint density at radius 2 is 2.03 bits per heavy atom. The Kier molecular flexibility index (Phi) is 7.01. The van der Waals surface area contributed by atoms with Gasteiger partial charge in [-0.1, -0.05) is 31.5 Å². The van der Waals surface area contributed by atoms with Gasteiger partial charge in [-0.05, 0) is 73.9 Å². The number of aryl methyl sites for hydroxylation is 1. The number of carbonyl (C=O) groups is 2. The summed E-state index contributed by atoms with van der Waals surface area (Å²) in [5.74, 6) is 0.525.